The van der Waals surface area contributed by atoms with Crippen LogP contribution in [-0.2, 0) is 0 Å². The molecule has 2 N–H and O–H groups in total. The predicted molar refractivity (Wildman–Crippen MR) is 72.1 cm³/mol. The third kappa shape index (κ3) is 2.90. The summed E-state index contributed by atoms with van der Waals surface area (Å²) in [4.78, 5) is 0. The highest BCUT2D eigenvalue weighted by Gasteiger charge is 2.11. The molecule has 0 saturated heterocycles. The lowest BCUT2D eigenvalue weighted by molar-refractivity contribution is 0.477. The molecule has 0 aromatic heterocycles. The summed E-state index contributed by atoms with van der Waals surface area (Å²) in [5.41, 5.74) is 5.89. The standard InChI is InChI=1S/C13H7Cl2FN2O/c14-10-3-8(18)4-11(15)13(10)19-9-2-1-7(6-17)12(16)5-9/h1-5H,18H2. The van der Waals surface area contributed by atoms with Crippen LogP contribution >= 0.6 is 23.2 Å². The zero-order chi connectivity index (χ0) is 14.0. The van der Waals surface area contributed by atoms with E-state index in [4.69, 9.17) is 38.9 Å². The number of nitrogens with two attached hydrogens (primary N) is 1. The summed E-state index contributed by atoms with van der Waals surface area (Å²) in [5.74, 6) is -0.311. The Kier molecular flexibility index (Phi) is 3.79. The third-order valence-electron chi connectivity index (χ3n) is 2.30. The molecule has 2 aromatic rings. The van der Waals surface area contributed by atoms with Crippen LogP contribution in [0.25, 0.3) is 0 Å². The number of ether oxygens (including phenoxy) is 1. The summed E-state index contributed by atoms with van der Waals surface area (Å²) in [7, 11) is 0. The minimum Gasteiger partial charge on any atom is -0.454 e. The molecular formula is C13H7Cl2FN2O. The predicted octanol–water partition coefficient (Wildman–Crippen LogP) is 4.38. The molecule has 6 heteroatoms. The lowest BCUT2D eigenvalue weighted by atomic mass is 10.2. The monoisotopic (exact) mass is 296 g/mol. The van der Waals surface area contributed by atoms with Crippen molar-refractivity contribution in [2.45, 2.75) is 0 Å². The van der Waals surface area contributed by atoms with Crippen molar-refractivity contribution in [3.8, 4) is 17.6 Å². The molecule has 0 aliphatic rings. The molecule has 0 fully saturated rings. The van der Waals surface area contributed by atoms with E-state index in [1.807, 2.05) is 0 Å². The van der Waals surface area contributed by atoms with Crippen molar-refractivity contribution in [1.82, 2.24) is 0 Å². The minimum atomic E-state index is -0.678. The molecule has 0 heterocycles. The van der Waals surface area contributed by atoms with Gasteiger partial charge in [-0.25, -0.2) is 4.39 Å². The SMILES string of the molecule is N#Cc1ccc(Oc2c(Cl)cc(N)cc2Cl)cc1F. The molecule has 96 valence electrons. The zero-order valence-electron chi connectivity index (χ0n) is 9.45. The first-order valence-electron chi connectivity index (χ1n) is 5.13. The second-order valence-corrected chi connectivity index (χ2v) is 4.48. The Morgan fingerprint density at radius 2 is 1.79 bits per heavy atom. The molecule has 0 spiro atoms. The van der Waals surface area contributed by atoms with Gasteiger partial charge >= 0.3 is 0 Å². The number of nitrogens with zero attached hydrogens (tertiary/aromatic N) is 1. The van der Waals surface area contributed by atoms with E-state index in [2.05, 4.69) is 0 Å². The second kappa shape index (κ2) is 5.35. The van der Waals surface area contributed by atoms with Gasteiger partial charge in [-0.1, -0.05) is 23.2 Å². The largest absolute Gasteiger partial charge is 0.454 e. The zero-order valence-corrected chi connectivity index (χ0v) is 11.0. The fourth-order valence-electron chi connectivity index (χ4n) is 1.44. The summed E-state index contributed by atoms with van der Waals surface area (Å²) in [6, 6.07) is 8.51. The number of halogens is 3. The maximum atomic E-state index is 13.4. The summed E-state index contributed by atoms with van der Waals surface area (Å²) < 4.78 is 18.8. The van der Waals surface area contributed by atoms with E-state index < -0.39 is 5.82 Å². The maximum Gasteiger partial charge on any atom is 0.164 e. The smallest absolute Gasteiger partial charge is 0.164 e. The molecular weight excluding hydrogens is 290 g/mol. The van der Waals surface area contributed by atoms with Gasteiger partial charge in [0.2, 0.25) is 0 Å². The van der Waals surface area contributed by atoms with Crippen LogP contribution in [0.4, 0.5) is 10.1 Å². The summed E-state index contributed by atoms with van der Waals surface area (Å²) in [6.45, 7) is 0. The topological polar surface area (TPSA) is 59.0 Å². The highest BCUT2D eigenvalue weighted by molar-refractivity contribution is 6.37. The van der Waals surface area contributed by atoms with Gasteiger partial charge in [-0.15, -0.1) is 0 Å². The molecule has 0 unspecified atom stereocenters. The number of anilines is 1. The van der Waals surface area contributed by atoms with Crippen LogP contribution in [0, 0.1) is 17.1 Å². The highest BCUT2D eigenvalue weighted by atomic mass is 35.5. The van der Waals surface area contributed by atoms with Crippen molar-refractivity contribution in [3.63, 3.8) is 0 Å². The molecule has 2 aromatic carbocycles. The van der Waals surface area contributed by atoms with Crippen LogP contribution in [-0.4, -0.2) is 0 Å². The molecule has 3 nitrogen and oxygen atoms in total. The molecule has 0 saturated carbocycles. The van der Waals surface area contributed by atoms with E-state index in [9.17, 15) is 4.39 Å². The van der Waals surface area contributed by atoms with Gasteiger partial charge in [-0.3, -0.25) is 0 Å². The van der Waals surface area contributed by atoms with Crippen molar-refractivity contribution >= 4 is 28.9 Å². The van der Waals surface area contributed by atoms with Gasteiger partial charge < -0.3 is 10.5 Å². The average Bonchev–Trinajstić information content (AvgIpc) is 2.34. The van der Waals surface area contributed by atoms with Crippen molar-refractivity contribution in [1.29, 1.82) is 5.26 Å². The lowest BCUT2D eigenvalue weighted by Crippen LogP contribution is -1.92. The van der Waals surface area contributed by atoms with E-state index in [0.717, 1.165) is 6.07 Å². The van der Waals surface area contributed by atoms with Gasteiger partial charge in [-0.05, 0) is 24.3 Å². The number of nitrogen functional groups attached to an aromatic ring is 1. The molecule has 0 aliphatic heterocycles. The first kappa shape index (κ1) is 13.5. The lowest BCUT2D eigenvalue weighted by Gasteiger charge is -2.10. The van der Waals surface area contributed by atoms with Crippen molar-refractivity contribution in [2.24, 2.45) is 0 Å². The van der Waals surface area contributed by atoms with Crippen LogP contribution in [0.3, 0.4) is 0 Å². The second-order valence-electron chi connectivity index (χ2n) is 3.67. The number of nitriles is 1. The van der Waals surface area contributed by atoms with Gasteiger partial charge in [0.15, 0.2) is 5.75 Å². The van der Waals surface area contributed by atoms with Crippen LogP contribution in [0.5, 0.6) is 11.5 Å². The van der Waals surface area contributed by atoms with Gasteiger partial charge in [0.1, 0.15) is 17.6 Å². The van der Waals surface area contributed by atoms with Gasteiger partial charge in [0.05, 0.1) is 15.6 Å². The first-order chi connectivity index (χ1) is 9.01. The van der Waals surface area contributed by atoms with Crippen LogP contribution in [0.15, 0.2) is 30.3 Å². The minimum absolute atomic E-state index is 0.0677. The number of hydrogen-bond acceptors (Lipinski definition) is 3. The van der Waals surface area contributed by atoms with Crippen LogP contribution < -0.4 is 10.5 Å². The molecule has 0 atom stereocenters. The van der Waals surface area contributed by atoms with E-state index in [0.29, 0.717) is 5.69 Å². The first-order valence-corrected chi connectivity index (χ1v) is 5.89. The quantitative estimate of drug-likeness (QED) is 0.837. The van der Waals surface area contributed by atoms with E-state index in [-0.39, 0.29) is 27.1 Å². The van der Waals surface area contributed by atoms with E-state index >= 15 is 0 Å². The summed E-state index contributed by atoms with van der Waals surface area (Å²) in [5, 5.41) is 9.07. The van der Waals surface area contributed by atoms with Crippen LogP contribution in [0.1, 0.15) is 5.56 Å². The molecule has 0 amide bonds. The number of hydrogen-bond donors (Lipinski definition) is 1. The Morgan fingerprint density at radius 3 is 2.32 bits per heavy atom. The van der Waals surface area contributed by atoms with Gasteiger partial charge in [-0.2, -0.15) is 5.26 Å². The maximum absolute atomic E-state index is 13.4. The van der Waals surface area contributed by atoms with E-state index in [1.54, 1.807) is 6.07 Å². The summed E-state index contributed by atoms with van der Waals surface area (Å²) >= 11 is 11.9. The fourth-order valence-corrected chi connectivity index (χ4v) is 2.03. The molecule has 19 heavy (non-hydrogen) atoms. The van der Waals surface area contributed by atoms with Gasteiger partial charge in [0, 0.05) is 11.8 Å². The van der Waals surface area contributed by atoms with Crippen molar-refractivity contribution in [2.75, 3.05) is 5.73 Å². The Morgan fingerprint density at radius 1 is 1.16 bits per heavy atom. The Bertz CT molecular complexity index is 660. The molecule has 0 radical (unpaired) electrons. The molecule has 0 aliphatic carbocycles. The third-order valence-corrected chi connectivity index (χ3v) is 2.86. The number of benzene rings is 2. The fraction of sp³-hybridized carbons (Fsp3) is 0. The van der Waals surface area contributed by atoms with Crippen molar-refractivity contribution < 1.29 is 9.13 Å². The van der Waals surface area contributed by atoms with Crippen LogP contribution in [0.2, 0.25) is 10.0 Å². The highest BCUT2D eigenvalue weighted by Crippen LogP contribution is 2.38. The number of rotatable bonds is 2. The van der Waals surface area contributed by atoms with E-state index in [1.165, 1.54) is 24.3 Å². The van der Waals surface area contributed by atoms with Crippen molar-refractivity contribution in [3.05, 3.63) is 51.8 Å². The Labute approximate surface area is 118 Å². The molecule has 2 rings (SSSR count). The molecule has 0 bridgehead atoms. The Balaban J connectivity index is 2.37. The average molecular weight is 297 g/mol. The Hall–Kier alpha value is -1.96. The summed E-state index contributed by atoms with van der Waals surface area (Å²) in [6.07, 6.45) is 0. The van der Waals surface area contributed by atoms with Gasteiger partial charge in [0.25, 0.3) is 0 Å². The normalized spacial score (nSPS) is 10.0.